The Balaban J connectivity index is 2.11. The molecule has 0 radical (unpaired) electrons. The lowest BCUT2D eigenvalue weighted by Crippen LogP contribution is -2.31. The number of hydrogen-bond acceptors (Lipinski definition) is 1. The largest absolute Gasteiger partial charge is 0.372 e. The molecule has 1 aromatic carbocycles. The Kier molecular flexibility index (Phi) is 5.38. The van der Waals surface area contributed by atoms with Gasteiger partial charge < -0.3 is 4.90 Å². The second kappa shape index (κ2) is 6.81. The molecule has 0 aromatic heterocycles. The minimum atomic E-state index is 0.563. The van der Waals surface area contributed by atoms with Crippen molar-refractivity contribution in [1.82, 2.24) is 0 Å². The van der Waals surface area contributed by atoms with E-state index in [1.165, 1.54) is 44.2 Å². The molecular formula is C15H21BrClN. The number of nitrogens with zero attached hydrogens (tertiary/aromatic N) is 1. The Bertz CT molecular complexity index is 386. The van der Waals surface area contributed by atoms with E-state index >= 15 is 0 Å². The molecule has 1 nitrogen and oxygen atoms in total. The molecule has 100 valence electrons. The third-order valence-electron chi connectivity index (χ3n) is 3.96. The summed E-state index contributed by atoms with van der Waals surface area (Å²) >= 11 is 9.49. The Morgan fingerprint density at radius 3 is 2.44 bits per heavy atom. The highest BCUT2D eigenvalue weighted by Gasteiger charge is 2.17. The van der Waals surface area contributed by atoms with Gasteiger partial charge in [-0.05, 0) is 30.5 Å². The average molecular weight is 331 g/mol. The summed E-state index contributed by atoms with van der Waals surface area (Å²) in [4.78, 5) is 2.44. The summed E-state index contributed by atoms with van der Waals surface area (Å²) in [7, 11) is 2.22. The summed E-state index contributed by atoms with van der Waals surface area (Å²) in [5.74, 6) is 0.563. The van der Waals surface area contributed by atoms with Gasteiger partial charge in [-0.2, -0.15) is 0 Å². The Morgan fingerprint density at radius 2 is 1.89 bits per heavy atom. The standard InChI is InChI=1S/C15H21BrClN/c1-18(13-6-4-2-3-5-7-13)14-9-8-12(11-17)15(16)10-14/h8-10,13H,2-7,11H2,1H3. The lowest BCUT2D eigenvalue weighted by Gasteiger charge is -2.29. The van der Waals surface area contributed by atoms with Gasteiger partial charge in [0.05, 0.1) is 0 Å². The van der Waals surface area contributed by atoms with Crippen LogP contribution in [0, 0.1) is 0 Å². The highest BCUT2D eigenvalue weighted by Crippen LogP contribution is 2.29. The molecule has 1 saturated carbocycles. The van der Waals surface area contributed by atoms with Gasteiger partial charge in [0, 0.05) is 29.1 Å². The first-order valence-corrected chi connectivity index (χ1v) is 8.12. The van der Waals surface area contributed by atoms with E-state index in [9.17, 15) is 0 Å². The van der Waals surface area contributed by atoms with Gasteiger partial charge >= 0.3 is 0 Å². The smallest absolute Gasteiger partial charge is 0.0485 e. The maximum atomic E-state index is 5.89. The van der Waals surface area contributed by atoms with Gasteiger partial charge in [0.1, 0.15) is 0 Å². The molecule has 2 rings (SSSR count). The van der Waals surface area contributed by atoms with Crippen LogP contribution in [0.25, 0.3) is 0 Å². The minimum absolute atomic E-state index is 0.563. The summed E-state index contributed by atoms with van der Waals surface area (Å²) in [6.45, 7) is 0. The average Bonchev–Trinajstić information content (AvgIpc) is 2.66. The van der Waals surface area contributed by atoms with Gasteiger partial charge in [0.2, 0.25) is 0 Å². The molecule has 3 heteroatoms. The minimum Gasteiger partial charge on any atom is -0.372 e. The van der Waals surface area contributed by atoms with Crippen molar-refractivity contribution in [2.24, 2.45) is 0 Å². The number of alkyl halides is 1. The summed E-state index contributed by atoms with van der Waals surface area (Å²) < 4.78 is 1.12. The monoisotopic (exact) mass is 329 g/mol. The van der Waals surface area contributed by atoms with Crippen LogP contribution in [-0.2, 0) is 5.88 Å². The van der Waals surface area contributed by atoms with Crippen molar-refractivity contribution in [1.29, 1.82) is 0 Å². The molecule has 0 saturated heterocycles. The van der Waals surface area contributed by atoms with E-state index in [0.717, 1.165) is 10.0 Å². The van der Waals surface area contributed by atoms with E-state index in [2.05, 4.69) is 46.1 Å². The summed E-state index contributed by atoms with van der Waals surface area (Å²) in [6, 6.07) is 7.21. The van der Waals surface area contributed by atoms with Crippen LogP contribution in [0.4, 0.5) is 5.69 Å². The quantitative estimate of drug-likeness (QED) is 0.533. The topological polar surface area (TPSA) is 3.24 Å². The maximum absolute atomic E-state index is 5.89. The van der Waals surface area contributed by atoms with Gasteiger partial charge in [-0.15, -0.1) is 11.6 Å². The van der Waals surface area contributed by atoms with Gasteiger partial charge in [0.15, 0.2) is 0 Å². The van der Waals surface area contributed by atoms with E-state index in [0.29, 0.717) is 11.9 Å². The van der Waals surface area contributed by atoms with Crippen LogP contribution in [0.5, 0.6) is 0 Å². The number of hydrogen-bond donors (Lipinski definition) is 0. The van der Waals surface area contributed by atoms with Crippen LogP contribution in [0.3, 0.4) is 0 Å². The van der Waals surface area contributed by atoms with Gasteiger partial charge in [0.25, 0.3) is 0 Å². The Morgan fingerprint density at radius 1 is 1.22 bits per heavy atom. The number of halogens is 2. The molecule has 0 aliphatic heterocycles. The SMILES string of the molecule is CN(c1ccc(CCl)c(Br)c1)C1CCCCCC1. The van der Waals surface area contributed by atoms with Crippen LogP contribution >= 0.6 is 27.5 Å². The zero-order valence-electron chi connectivity index (χ0n) is 11.0. The van der Waals surface area contributed by atoms with Crippen LogP contribution in [0.15, 0.2) is 22.7 Å². The predicted molar refractivity (Wildman–Crippen MR) is 83.6 cm³/mol. The highest BCUT2D eigenvalue weighted by molar-refractivity contribution is 9.10. The van der Waals surface area contributed by atoms with Crippen molar-refractivity contribution in [2.45, 2.75) is 50.4 Å². The summed E-state index contributed by atoms with van der Waals surface area (Å²) in [6.07, 6.45) is 8.20. The second-order valence-corrected chi connectivity index (χ2v) is 6.29. The first-order valence-electron chi connectivity index (χ1n) is 6.79. The normalized spacial score (nSPS) is 17.5. The van der Waals surface area contributed by atoms with Gasteiger partial charge in [-0.3, -0.25) is 0 Å². The fourth-order valence-electron chi connectivity index (χ4n) is 2.72. The highest BCUT2D eigenvalue weighted by atomic mass is 79.9. The molecule has 1 aliphatic rings. The van der Waals surface area contributed by atoms with Crippen molar-refractivity contribution in [3.8, 4) is 0 Å². The van der Waals surface area contributed by atoms with Crippen molar-refractivity contribution < 1.29 is 0 Å². The first kappa shape index (κ1) is 14.2. The molecule has 1 aliphatic carbocycles. The molecular weight excluding hydrogens is 310 g/mol. The maximum Gasteiger partial charge on any atom is 0.0485 e. The zero-order chi connectivity index (χ0) is 13.0. The fraction of sp³-hybridized carbons (Fsp3) is 0.600. The molecule has 0 unspecified atom stereocenters. The molecule has 0 atom stereocenters. The van der Waals surface area contributed by atoms with Crippen LogP contribution in [0.1, 0.15) is 44.1 Å². The van der Waals surface area contributed by atoms with Crippen LogP contribution in [0.2, 0.25) is 0 Å². The summed E-state index contributed by atoms with van der Waals surface area (Å²) in [5, 5.41) is 0. The Hall–Kier alpha value is -0.210. The van der Waals surface area contributed by atoms with E-state index in [1.807, 2.05) is 0 Å². The number of benzene rings is 1. The van der Waals surface area contributed by atoms with Crippen molar-refractivity contribution in [3.63, 3.8) is 0 Å². The van der Waals surface area contributed by atoms with Crippen molar-refractivity contribution in [3.05, 3.63) is 28.2 Å². The van der Waals surface area contributed by atoms with E-state index in [1.54, 1.807) is 0 Å². The third-order valence-corrected chi connectivity index (χ3v) is 4.99. The third kappa shape index (κ3) is 3.42. The summed E-state index contributed by atoms with van der Waals surface area (Å²) in [5.41, 5.74) is 2.46. The second-order valence-electron chi connectivity index (χ2n) is 5.17. The lowest BCUT2D eigenvalue weighted by atomic mass is 10.1. The predicted octanol–water partition coefficient (Wildman–Crippen LogP) is 5.35. The van der Waals surface area contributed by atoms with Gasteiger partial charge in [-0.1, -0.05) is 47.7 Å². The Labute approximate surface area is 124 Å². The van der Waals surface area contributed by atoms with E-state index < -0.39 is 0 Å². The number of anilines is 1. The molecule has 0 N–H and O–H groups in total. The molecule has 1 aromatic rings. The lowest BCUT2D eigenvalue weighted by molar-refractivity contribution is 0.553. The zero-order valence-corrected chi connectivity index (χ0v) is 13.3. The molecule has 1 fully saturated rings. The fourth-order valence-corrected chi connectivity index (χ4v) is 3.62. The van der Waals surface area contributed by atoms with Crippen molar-refractivity contribution >= 4 is 33.2 Å². The van der Waals surface area contributed by atoms with Crippen LogP contribution in [-0.4, -0.2) is 13.1 Å². The van der Waals surface area contributed by atoms with E-state index in [-0.39, 0.29) is 0 Å². The number of rotatable bonds is 3. The van der Waals surface area contributed by atoms with Crippen LogP contribution < -0.4 is 4.90 Å². The first-order chi connectivity index (χ1) is 8.72. The van der Waals surface area contributed by atoms with Gasteiger partial charge in [-0.25, -0.2) is 0 Å². The van der Waals surface area contributed by atoms with E-state index in [4.69, 9.17) is 11.6 Å². The molecule has 18 heavy (non-hydrogen) atoms. The molecule has 0 amide bonds. The molecule has 0 spiro atoms. The molecule has 0 heterocycles. The molecule has 0 bridgehead atoms. The van der Waals surface area contributed by atoms with Crippen molar-refractivity contribution in [2.75, 3.05) is 11.9 Å².